The van der Waals surface area contributed by atoms with Gasteiger partial charge in [0.1, 0.15) is 0 Å². The summed E-state index contributed by atoms with van der Waals surface area (Å²) in [6, 6.07) is 1.99. The van der Waals surface area contributed by atoms with Crippen LogP contribution in [-0.2, 0) is 4.84 Å². The molecule has 0 atom stereocenters. The molecule has 1 rings (SSSR count). The smallest absolute Gasteiger partial charge is 0.177 e. The maximum Gasteiger partial charge on any atom is 0.177 e. The minimum Gasteiger partial charge on any atom is -0.383 e. The van der Waals surface area contributed by atoms with Crippen LogP contribution < -0.4 is 0 Å². The second-order valence-corrected chi connectivity index (χ2v) is 3.26. The van der Waals surface area contributed by atoms with Gasteiger partial charge in [-0.15, -0.1) is 17.8 Å². The van der Waals surface area contributed by atoms with Crippen molar-refractivity contribution < 1.29 is 4.84 Å². The first-order chi connectivity index (χ1) is 5.84. The third kappa shape index (κ3) is 2.40. The third-order valence-electron chi connectivity index (χ3n) is 1.31. The lowest BCUT2D eigenvalue weighted by Gasteiger charge is -1.90. The summed E-state index contributed by atoms with van der Waals surface area (Å²) in [5.41, 5.74) is 1.08. The Kier molecular flexibility index (Phi) is 3.36. The first-order valence-electron chi connectivity index (χ1n) is 3.47. The maximum absolute atomic E-state index is 4.97. The highest BCUT2D eigenvalue weighted by Crippen LogP contribution is 2.12. The number of hydrogen-bond acceptors (Lipinski definition) is 3. The lowest BCUT2D eigenvalue weighted by atomic mass is 10.3. The van der Waals surface area contributed by atoms with Crippen molar-refractivity contribution in [2.24, 2.45) is 5.16 Å². The summed E-state index contributed by atoms with van der Waals surface area (Å²) in [5, 5.41) is 5.72. The van der Waals surface area contributed by atoms with E-state index in [-0.39, 0.29) is 6.61 Å². The molecule has 1 aromatic rings. The van der Waals surface area contributed by atoms with E-state index in [1.807, 2.05) is 18.4 Å². The Bertz CT molecular complexity index is 309. The van der Waals surface area contributed by atoms with E-state index >= 15 is 0 Å². The fourth-order valence-electron chi connectivity index (χ4n) is 0.697. The molecule has 0 N–H and O–H groups in total. The summed E-state index contributed by atoms with van der Waals surface area (Å²) in [6.45, 7) is 2.26. The first kappa shape index (κ1) is 8.82. The van der Waals surface area contributed by atoms with Gasteiger partial charge in [0, 0.05) is 10.4 Å². The molecule has 0 amide bonds. The van der Waals surface area contributed by atoms with Crippen LogP contribution in [0, 0.1) is 19.3 Å². The number of rotatable bonds is 3. The van der Waals surface area contributed by atoms with Crippen LogP contribution in [0.2, 0.25) is 0 Å². The molecule has 3 heteroatoms. The zero-order valence-corrected chi connectivity index (χ0v) is 7.60. The molecule has 0 fully saturated rings. The van der Waals surface area contributed by atoms with E-state index < -0.39 is 0 Å². The molecule has 1 heterocycles. The molecule has 0 unspecified atom stereocenters. The van der Waals surface area contributed by atoms with Crippen molar-refractivity contribution in [3.8, 4) is 12.3 Å². The molecule has 62 valence electrons. The van der Waals surface area contributed by atoms with Crippen molar-refractivity contribution in [2.75, 3.05) is 6.61 Å². The predicted octanol–water partition coefficient (Wildman–Crippen LogP) is 2.04. The summed E-state index contributed by atoms with van der Waals surface area (Å²) < 4.78 is 0. The van der Waals surface area contributed by atoms with Crippen molar-refractivity contribution >= 4 is 17.6 Å². The van der Waals surface area contributed by atoms with Crippen LogP contribution >= 0.6 is 11.3 Å². The lowest BCUT2D eigenvalue weighted by Crippen LogP contribution is -1.84. The lowest BCUT2D eigenvalue weighted by molar-refractivity contribution is 0.181. The van der Waals surface area contributed by atoms with Crippen LogP contribution in [0.3, 0.4) is 0 Å². The molecule has 0 bridgehead atoms. The number of aryl methyl sites for hydroxylation is 1. The Labute approximate surface area is 75.9 Å². The highest BCUT2D eigenvalue weighted by molar-refractivity contribution is 7.10. The van der Waals surface area contributed by atoms with Gasteiger partial charge in [0.2, 0.25) is 0 Å². The Morgan fingerprint density at radius 1 is 1.83 bits per heavy atom. The van der Waals surface area contributed by atoms with Crippen molar-refractivity contribution in [3.05, 3.63) is 21.9 Å². The van der Waals surface area contributed by atoms with Gasteiger partial charge >= 0.3 is 0 Å². The fraction of sp³-hybridized carbons (Fsp3) is 0.222. The van der Waals surface area contributed by atoms with E-state index in [4.69, 9.17) is 11.3 Å². The molecule has 0 aliphatic heterocycles. The maximum atomic E-state index is 4.97. The monoisotopic (exact) mass is 179 g/mol. The largest absolute Gasteiger partial charge is 0.383 e. The molecule has 12 heavy (non-hydrogen) atoms. The average molecular weight is 179 g/mol. The number of thiophene rings is 1. The predicted molar refractivity (Wildman–Crippen MR) is 51.4 cm³/mol. The van der Waals surface area contributed by atoms with E-state index in [9.17, 15) is 0 Å². The standard InChI is InChI=1S/C9H9NOS/c1-3-5-11-10-7-9-4-6-12-8(9)2/h1,4,6-7H,5H2,2H3. The fourth-order valence-corrected chi connectivity index (χ4v) is 1.37. The number of hydrogen-bond donors (Lipinski definition) is 0. The number of oxime groups is 1. The van der Waals surface area contributed by atoms with Gasteiger partial charge in [-0.25, -0.2) is 0 Å². The average Bonchev–Trinajstić information content (AvgIpc) is 2.46. The van der Waals surface area contributed by atoms with Crippen molar-refractivity contribution in [1.82, 2.24) is 0 Å². The van der Waals surface area contributed by atoms with Crippen LogP contribution in [0.5, 0.6) is 0 Å². The molecule has 0 aliphatic rings. The van der Waals surface area contributed by atoms with E-state index in [0.717, 1.165) is 5.56 Å². The summed E-state index contributed by atoms with van der Waals surface area (Å²) in [7, 11) is 0. The van der Waals surface area contributed by atoms with E-state index in [0.29, 0.717) is 0 Å². The summed E-state index contributed by atoms with van der Waals surface area (Å²) >= 11 is 1.68. The Morgan fingerprint density at radius 2 is 2.67 bits per heavy atom. The van der Waals surface area contributed by atoms with Gasteiger partial charge in [-0.3, -0.25) is 0 Å². The molecule has 0 radical (unpaired) electrons. The molecule has 0 aliphatic carbocycles. The normalized spacial score (nSPS) is 10.0. The van der Waals surface area contributed by atoms with Crippen LogP contribution in [0.4, 0.5) is 0 Å². The second-order valence-electron chi connectivity index (χ2n) is 2.14. The quantitative estimate of drug-likeness (QED) is 0.301. The molecular formula is C9H9NOS. The van der Waals surface area contributed by atoms with Gasteiger partial charge < -0.3 is 4.84 Å². The van der Waals surface area contributed by atoms with Crippen LogP contribution in [0.15, 0.2) is 16.6 Å². The van der Waals surface area contributed by atoms with Crippen molar-refractivity contribution in [2.45, 2.75) is 6.92 Å². The molecule has 0 saturated heterocycles. The van der Waals surface area contributed by atoms with Gasteiger partial charge in [-0.2, -0.15) is 0 Å². The molecular weight excluding hydrogens is 170 g/mol. The van der Waals surface area contributed by atoms with E-state index in [1.54, 1.807) is 17.6 Å². The Balaban J connectivity index is 2.47. The molecule has 0 spiro atoms. The molecule has 2 nitrogen and oxygen atoms in total. The minimum atomic E-state index is 0.222. The van der Waals surface area contributed by atoms with E-state index in [2.05, 4.69) is 11.1 Å². The Morgan fingerprint density at radius 3 is 3.25 bits per heavy atom. The summed E-state index contributed by atoms with van der Waals surface area (Å²) in [5.74, 6) is 2.33. The molecule has 1 aromatic heterocycles. The van der Waals surface area contributed by atoms with Gasteiger partial charge in [-0.05, 0) is 18.4 Å². The van der Waals surface area contributed by atoms with Gasteiger partial charge in [0.05, 0.1) is 6.21 Å². The summed E-state index contributed by atoms with van der Waals surface area (Å²) in [6.07, 6.45) is 6.64. The highest BCUT2D eigenvalue weighted by atomic mass is 32.1. The van der Waals surface area contributed by atoms with Crippen molar-refractivity contribution in [3.63, 3.8) is 0 Å². The zero-order chi connectivity index (χ0) is 8.81. The number of terminal acetylenes is 1. The zero-order valence-electron chi connectivity index (χ0n) is 6.78. The molecule has 0 saturated carbocycles. The third-order valence-corrected chi connectivity index (χ3v) is 2.17. The van der Waals surface area contributed by atoms with Crippen molar-refractivity contribution in [1.29, 1.82) is 0 Å². The molecule has 0 aromatic carbocycles. The topological polar surface area (TPSA) is 21.6 Å². The minimum absolute atomic E-state index is 0.222. The van der Waals surface area contributed by atoms with Gasteiger partial charge in [-0.1, -0.05) is 11.1 Å². The second kappa shape index (κ2) is 4.58. The van der Waals surface area contributed by atoms with Gasteiger partial charge in [0.15, 0.2) is 6.61 Å². The highest BCUT2D eigenvalue weighted by Gasteiger charge is 1.93. The summed E-state index contributed by atoms with van der Waals surface area (Å²) in [4.78, 5) is 5.97. The van der Waals surface area contributed by atoms with Gasteiger partial charge in [0.25, 0.3) is 0 Å². The SMILES string of the molecule is C#CCON=Cc1ccsc1C. The Hall–Kier alpha value is -1.27. The van der Waals surface area contributed by atoms with Crippen LogP contribution in [-0.4, -0.2) is 12.8 Å². The first-order valence-corrected chi connectivity index (χ1v) is 4.35. The van der Waals surface area contributed by atoms with Crippen LogP contribution in [0.1, 0.15) is 10.4 Å². The number of nitrogens with zero attached hydrogens (tertiary/aromatic N) is 1. The van der Waals surface area contributed by atoms with Crippen LogP contribution in [0.25, 0.3) is 0 Å². The van der Waals surface area contributed by atoms with E-state index in [1.165, 1.54) is 4.88 Å².